The zero-order valence-corrected chi connectivity index (χ0v) is 13.4. The Balaban J connectivity index is 1.59. The molecule has 0 aliphatic carbocycles. The fourth-order valence-corrected chi connectivity index (χ4v) is 3.83. The van der Waals surface area contributed by atoms with Crippen LogP contribution in [0.5, 0.6) is 0 Å². The first-order chi connectivity index (χ1) is 10.6. The molecule has 2 aliphatic rings. The third-order valence-electron chi connectivity index (χ3n) is 5.58. The van der Waals surface area contributed by atoms with Crippen LogP contribution in [0.1, 0.15) is 37.8 Å². The van der Waals surface area contributed by atoms with Gasteiger partial charge in [-0.2, -0.15) is 0 Å². The molecular formula is C18H27N3O. The summed E-state index contributed by atoms with van der Waals surface area (Å²) in [4.78, 5) is 14.8. The van der Waals surface area contributed by atoms with Gasteiger partial charge in [-0.1, -0.05) is 37.3 Å². The van der Waals surface area contributed by atoms with E-state index >= 15 is 0 Å². The highest BCUT2D eigenvalue weighted by Gasteiger charge is 2.39. The summed E-state index contributed by atoms with van der Waals surface area (Å²) in [5.74, 6) is 0.0373. The summed E-state index contributed by atoms with van der Waals surface area (Å²) in [7, 11) is 0. The monoisotopic (exact) mass is 301 g/mol. The molecule has 2 saturated heterocycles. The van der Waals surface area contributed by atoms with Gasteiger partial charge in [0.05, 0.1) is 5.92 Å². The molecule has 3 rings (SSSR count). The van der Waals surface area contributed by atoms with Crippen molar-refractivity contribution in [2.45, 2.75) is 32.2 Å². The number of rotatable bonds is 3. The highest BCUT2D eigenvalue weighted by Crippen LogP contribution is 2.37. The van der Waals surface area contributed by atoms with Crippen molar-refractivity contribution < 1.29 is 4.79 Å². The maximum atomic E-state index is 12.7. The molecule has 0 bridgehead atoms. The molecule has 0 aromatic heterocycles. The molecule has 3 N–H and O–H groups in total. The number of hydrogen-bond acceptors (Lipinski definition) is 3. The quantitative estimate of drug-likeness (QED) is 0.897. The minimum absolute atomic E-state index is 0.168. The summed E-state index contributed by atoms with van der Waals surface area (Å²) in [6, 6.07) is 9.71. The highest BCUT2D eigenvalue weighted by atomic mass is 16.2. The van der Waals surface area contributed by atoms with E-state index in [4.69, 9.17) is 5.73 Å². The van der Waals surface area contributed by atoms with Crippen molar-refractivity contribution in [1.29, 1.82) is 0 Å². The Labute approximate surface area is 133 Å². The van der Waals surface area contributed by atoms with Gasteiger partial charge in [0.2, 0.25) is 5.91 Å². The van der Waals surface area contributed by atoms with Crippen LogP contribution in [0.2, 0.25) is 0 Å². The smallest absolute Gasteiger partial charge is 0.227 e. The Morgan fingerprint density at radius 2 is 1.91 bits per heavy atom. The molecule has 1 aromatic carbocycles. The van der Waals surface area contributed by atoms with Crippen LogP contribution in [0.4, 0.5) is 0 Å². The second-order valence-corrected chi connectivity index (χ2v) is 6.98. The zero-order chi connectivity index (χ0) is 15.6. The molecule has 4 heteroatoms. The van der Waals surface area contributed by atoms with Crippen molar-refractivity contribution in [2.24, 2.45) is 17.1 Å². The van der Waals surface area contributed by atoms with Gasteiger partial charge in [-0.3, -0.25) is 4.79 Å². The Hall–Kier alpha value is -1.39. The number of nitrogens with zero attached hydrogens (tertiary/aromatic N) is 1. The van der Waals surface area contributed by atoms with E-state index in [9.17, 15) is 4.79 Å². The number of benzene rings is 1. The molecule has 1 aromatic rings. The van der Waals surface area contributed by atoms with Crippen LogP contribution in [-0.4, -0.2) is 37.0 Å². The molecule has 0 saturated carbocycles. The van der Waals surface area contributed by atoms with Crippen LogP contribution >= 0.6 is 0 Å². The second kappa shape index (κ2) is 6.39. The van der Waals surface area contributed by atoms with Gasteiger partial charge in [0.25, 0.3) is 0 Å². The Morgan fingerprint density at radius 1 is 1.23 bits per heavy atom. The van der Waals surface area contributed by atoms with Gasteiger partial charge in [0.15, 0.2) is 0 Å². The summed E-state index contributed by atoms with van der Waals surface area (Å²) in [5.41, 5.74) is 7.79. The largest absolute Gasteiger partial charge is 0.342 e. The number of hydrogen-bond donors (Lipinski definition) is 2. The minimum Gasteiger partial charge on any atom is -0.342 e. The van der Waals surface area contributed by atoms with Crippen LogP contribution in [0.3, 0.4) is 0 Å². The fraction of sp³-hybridized carbons (Fsp3) is 0.611. The normalized spacial score (nSPS) is 23.5. The fourth-order valence-electron chi connectivity index (χ4n) is 3.83. The van der Waals surface area contributed by atoms with E-state index in [-0.39, 0.29) is 17.9 Å². The predicted octanol–water partition coefficient (Wildman–Crippen LogP) is 1.92. The molecule has 2 fully saturated rings. The number of carbonyl (C=O) groups is 1. The average molecular weight is 301 g/mol. The van der Waals surface area contributed by atoms with Crippen molar-refractivity contribution in [1.82, 2.24) is 10.2 Å². The third kappa shape index (κ3) is 3.03. The van der Waals surface area contributed by atoms with Gasteiger partial charge in [0.1, 0.15) is 0 Å². The summed E-state index contributed by atoms with van der Waals surface area (Å²) in [6.45, 7) is 5.97. The van der Waals surface area contributed by atoms with Gasteiger partial charge in [0, 0.05) is 25.7 Å². The van der Waals surface area contributed by atoms with E-state index in [1.807, 2.05) is 42.2 Å². The van der Waals surface area contributed by atoms with Gasteiger partial charge in [-0.25, -0.2) is 0 Å². The number of carbonyl (C=O) groups excluding carboxylic acids is 1. The number of amides is 1. The van der Waals surface area contributed by atoms with Crippen LogP contribution in [-0.2, 0) is 4.79 Å². The number of likely N-dealkylation sites (tertiary alicyclic amines) is 1. The molecule has 2 aliphatic heterocycles. The van der Waals surface area contributed by atoms with Crippen molar-refractivity contribution in [3.8, 4) is 0 Å². The van der Waals surface area contributed by atoms with Gasteiger partial charge < -0.3 is 16.0 Å². The molecule has 120 valence electrons. The van der Waals surface area contributed by atoms with Crippen molar-refractivity contribution in [3.05, 3.63) is 35.9 Å². The minimum atomic E-state index is -0.224. The van der Waals surface area contributed by atoms with Crippen molar-refractivity contribution in [2.75, 3.05) is 26.2 Å². The molecule has 22 heavy (non-hydrogen) atoms. The molecule has 1 amide bonds. The standard InChI is InChI=1S/C18H27N3O/c1-14(16(19)15-5-3-2-4-6-15)17(22)21-11-8-18(9-12-21)7-10-20-13-18/h2-6,14,16,20H,7-13,19H2,1H3. The van der Waals surface area contributed by atoms with E-state index in [0.29, 0.717) is 5.41 Å². The lowest BCUT2D eigenvalue weighted by Gasteiger charge is -2.40. The summed E-state index contributed by atoms with van der Waals surface area (Å²) >= 11 is 0. The Kier molecular flexibility index (Phi) is 4.50. The first-order valence-electron chi connectivity index (χ1n) is 8.41. The van der Waals surface area contributed by atoms with Crippen LogP contribution in [0, 0.1) is 11.3 Å². The third-order valence-corrected chi connectivity index (χ3v) is 5.58. The van der Waals surface area contributed by atoms with Gasteiger partial charge in [-0.05, 0) is 36.8 Å². The van der Waals surface area contributed by atoms with Gasteiger partial charge in [-0.15, -0.1) is 0 Å². The van der Waals surface area contributed by atoms with Crippen molar-refractivity contribution >= 4 is 5.91 Å². The van der Waals surface area contributed by atoms with Crippen LogP contribution < -0.4 is 11.1 Å². The second-order valence-electron chi connectivity index (χ2n) is 6.98. The van der Waals surface area contributed by atoms with E-state index in [1.54, 1.807) is 0 Å². The van der Waals surface area contributed by atoms with Gasteiger partial charge >= 0.3 is 0 Å². The SMILES string of the molecule is CC(C(=O)N1CCC2(CCNC2)CC1)C(N)c1ccccc1. The van der Waals surface area contributed by atoms with Crippen molar-refractivity contribution in [3.63, 3.8) is 0 Å². The molecule has 1 spiro atoms. The maximum Gasteiger partial charge on any atom is 0.227 e. The Morgan fingerprint density at radius 3 is 2.50 bits per heavy atom. The van der Waals surface area contributed by atoms with Crippen LogP contribution in [0.15, 0.2) is 30.3 Å². The molecular weight excluding hydrogens is 274 g/mol. The number of piperidine rings is 1. The highest BCUT2D eigenvalue weighted by molar-refractivity contribution is 5.79. The summed E-state index contributed by atoms with van der Waals surface area (Å²) in [5, 5.41) is 3.47. The topological polar surface area (TPSA) is 58.4 Å². The predicted molar refractivity (Wildman–Crippen MR) is 88.3 cm³/mol. The first kappa shape index (κ1) is 15.5. The lowest BCUT2D eigenvalue weighted by Crippen LogP contribution is -2.47. The van der Waals surface area contributed by atoms with Crippen LogP contribution in [0.25, 0.3) is 0 Å². The van der Waals surface area contributed by atoms with E-state index in [2.05, 4.69) is 5.32 Å². The Bertz CT molecular complexity index is 500. The maximum absolute atomic E-state index is 12.7. The molecule has 2 atom stereocenters. The first-order valence-corrected chi connectivity index (χ1v) is 8.41. The number of nitrogens with two attached hydrogens (primary N) is 1. The lowest BCUT2D eigenvalue weighted by atomic mass is 9.77. The van der Waals surface area contributed by atoms with E-state index < -0.39 is 0 Å². The summed E-state index contributed by atoms with van der Waals surface area (Å²) < 4.78 is 0. The average Bonchev–Trinajstić information content (AvgIpc) is 3.02. The molecule has 2 unspecified atom stereocenters. The number of nitrogens with one attached hydrogen (secondary N) is 1. The van der Waals surface area contributed by atoms with E-state index in [0.717, 1.165) is 44.6 Å². The van der Waals surface area contributed by atoms with E-state index in [1.165, 1.54) is 6.42 Å². The lowest BCUT2D eigenvalue weighted by molar-refractivity contribution is -0.137. The molecule has 0 radical (unpaired) electrons. The zero-order valence-electron chi connectivity index (χ0n) is 13.4. The summed E-state index contributed by atoms with van der Waals surface area (Å²) in [6.07, 6.45) is 3.51. The molecule has 4 nitrogen and oxygen atoms in total. The molecule has 2 heterocycles.